The normalized spacial score (nSPS) is 28.1. The highest BCUT2D eigenvalue weighted by Gasteiger charge is 2.43. The van der Waals surface area contributed by atoms with Crippen LogP contribution in [-0.4, -0.2) is 47.5 Å². The number of hydrogen-bond acceptors (Lipinski definition) is 2. The van der Waals surface area contributed by atoms with Crippen LogP contribution in [0.1, 0.15) is 44.1 Å². The number of amides is 2. The number of carbonyl (C=O) groups excluding carboxylic acids is 1. The van der Waals surface area contributed by atoms with Crippen LogP contribution in [0, 0.1) is 5.92 Å². The highest BCUT2D eigenvalue weighted by atomic mass is 16.2. The molecule has 130 valence electrons. The van der Waals surface area contributed by atoms with E-state index in [2.05, 4.69) is 45.4 Å². The topological polar surface area (TPSA) is 35.6 Å². The molecule has 2 heterocycles. The average Bonchev–Trinajstić information content (AvgIpc) is 2.61. The Morgan fingerprint density at radius 3 is 2.62 bits per heavy atom. The maximum atomic E-state index is 12.6. The third kappa shape index (κ3) is 3.44. The van der Waals surface area contributed by atoms with E-state index in [0.717, 1.165) is 44.8 Å². The Hall–Kier alpha value is -1.55. The van der Waals surface area contributed by atoms with Gasteiger partial charge in [-0.2, -0.15) is 0 Å². The average molecular weight is 327 g/mol. The molecule has 4 heteroatoms. The molecule has 2 aliphatic heterocycles. The van der Waals surface area contributed by atoms with Crippen LogP contribution >= 0.6 is 0 Å². The van der Waals surface area contributed by atoms with E-state index in [1.165, 1.54) is 31.4 Å². The maximum Gasteiger partial charge on any atom is 0.317 e. The molecule has 3 aliphatic rings. The Balaban J connectivity index is 1.30. The number of nitrogens with one attached hydrogen (secondary N) is 1. The van der Waals surface area contributed by atoms with Crippen LogP contribution in [0.2, 0.25) is 0 Å². The fraction of sp³-hybridized carbons (Fsp3) is 0.650. The zero-order valence-corrected chi connectivity index (χ0v) is 14.5. The van der Waals surface area contributed by atoms with Gasteiger partial charge in [0, 0.05) is 38.3 Å². The summed E-state index contributed by atoms with van der Waals surface area (Å²) in [5.41, 5.74) is 1.37. The van der Waals surface area contributed by atoms with Gasteiger partial charge in [0.2, 0.25) is 0 Å². The van der Waals surface area contributed by atoms with Crippen molar-refractivity contribution in [3.8, 4) is 0 Å². The summed E-state index contributed by atoms with van der Waals surface area (Å²) in [6.45, 7) is 4.03. The fourth-order valence-corrected chi connectivity index (χ4v) is 4.60. The highest BCUT2D eigenvalue weighted by molar-refractivity contribution is 5.74. The third-order valence-electron chi connectivity index (χ3n) is 6.11. The van der Waals surface area contributed by atoms with E-state index < -0.39 is 0 Å². The number of benzene rings is 1. The minimum absolute atomic E-state index is 0.173. The zero-order valence-electron chi connectivity index (χ0n) is 14.5. The number of hydrogen-bond donors (Lipinski definition) is 1. The fourth-order valence-electron chi connectivity index (χ4n) is 4.60. The number of rotatable bonds is 3. The standard InChI is InChI=1S/C20H29N3O/c24-20(21-18-9-5-2-6-10-18)22-12-11-17-14-23(19(17)15-22)13-16-7-3-1-4-8-16/h1,3-4,7-8,17-19H,2,5-6,9-15H2,(H,21,24)/t17-,19-/m1/s1. The van der Waals surface area contributed by atoms with Gasteiger partial charge in [-0.1, -0.05) is 49.6 Å². The number of nitrogens with zero attached hydrogens (tertiary/aromatic N) is 2. The molecule has 4 rings (SSSR count). The summed E-state index contributed by atoms with van der Waals surface area (Å²) in [6, 6.07) is 11.8. The van der Waals surface area contributed by atoms with Gasteiger partial charge in [0.05, 0.1) is 0 Å². The van der Waals surface area contributed by atoms with E-state index in [1.54, 1.807) is 0 Å². The van der Waals surface area contributed by atoms with Gasteiger partial charge in [0.25, 0.3) is 0 Å². The van der Waals surface area contributed by atoms with Crippen molar-refractivity contribution in [2.75, 3.05) is 19.6 Å². The van der Waals surface area contributed by atoms with Crippen molar-refractivity contribution < 1.29 is 4.79 Å². The van der Waals surface area contributed by atoms with Crippen LogP contribution < -0.4 is 5.32 Å². The van der Waals surface area contributed by atoms with Gasteiger partial charge in [-0.15, -0.1) is 0 Å². The van der Waals surface area contributed by atoms with Crippen molar-refractivity contribution >= 4 is 6.03 Å². The molecular weight excluding hydrogens is 298 g/mol. The van der Waals surface area contributed by atoms with Crippen LogP contribution in [0.5, 0.6) is 0 Å². The van der Waals surface area contributed by atoms with Crippen molar-refractivity contribution in [2.45, 2.75) is 57.2 Å². The SMILES string of the molecule is O=C(NC1CCCCC1)N1CC[C@@H]2CN(Cc3ccccc3)[C@@H]2C1. The Labute approximate surface area is 145 Å². The van der Waals surface area contributed by atoms with Gasteiger partial charge in [-0.05, 0) is 30.7 Å². The lowest BCUT2D eigenvalue weighted by Crippen LogP contribution is -2.65. The first-order chi connectivity index (χ1) is 11.8. The number of likely N-dealkylation sites (tertiary alicyclic amines) is 2. The quantitative estimate of drug-likeness (QED) is 0.925. The highest BCUT2D eigenvalue weighted by Crippen LogP contribution is 2.33. The molecule has 1 saturated carbocycles. The van der Waals surface area contributed by atoms with Crippen LogP contribution in [-0.2, 0) is 6.54 Å². The monoisotopic (exact) mass is 327 g/mol. The summed E-state index contributed by atoms with van der Waals surface area (Å²) >= 11 is 0. The predicted octanol–water partition coefficient (Wildman–Crippen LogP) is 3.24. The van der Waals surface area contributed by atoms with E-state index in [1.807, 2.05) is 0 Å². The van der Waals surface area contributed by atoms with Crippen LogP contribution in [0.4, 0.5) is 4.79 Å². The lowest BCUT2D eigenvalue weighted by Gasteiger charge is -2.53. The molecule has 4 nitrogen and oxygen atoms in total. The van der Waals surface area contributed by atoms with E-state index >= 15 is 0 Å². The zero-order chi connectivity index (χ0) is 16.4. The lowest BCUT2D eigenvalue weighted by atomic mass is 9.82. The van der Waals surface area contributed by atoms with Crippen molar-refractivity contribution in [3.63, 3.8) is 0 Å². The van der Waals surface area contributed by atoms with E-state index in [-0.39, 0.29) is 6.03 Å². The number of fused-ring (bicyclic) bond motifs is 1. The molecule has 2 amide bonds. The molecule has 0 unspecified atom stereocenters. The second kappa shape index (κ2) is 7.14. The summed E-state index contributed by atoms with van der Waals surface area (Å²) in [5, 5.41) is 3.28. The molecule has 1 aromatic rings. The molecular formula is C20H29N3O. The summed E-state index contributed by atoms with van der Waals surface area (Å²) in [5.74, 6) is 0.785. The van der Waals surface area contributed by atoms with Crippen LogP contribution in [0.3, 0.4) is 0 Å². The molecule has 24 heavy (non-hydrogen) atoms. The number of carbonyl (C=O) groups is 1. The van der Waals surface area contributed by atoms with Crippen LogP contribution in [0.25, 0.3) is 0 Å². The van der Waals surface area contributed by atoms with Crippen molar-refractivity contribution in [1.29, 1.82) is 0 Å². The lowest BCUT2D eigenvalue weighted by molar-refractivity contribution is -0.0392. The van der Waals surface area contributed by atoms with Gasteiger partial charge in [-0.3, -0.25) is 4.90 Å². The second-order valence-corrected chi connectivity index (χ2v) is 7.76. The Morgan fingerprint density at radius 1 is 1.04 bits per heavy atom. The number of urea groups is 1. The molecule has 0 spiro atoms. The van der Waals surface area contributed by atoms with Crippen LogP contribution in [0.15, 0.2) is 30.3 Å². The summed E-state index contributed by atoms with van der Waals surface area (Å²) in [4.78, 5) is 17.2. The van der Waals surface area contributed by atoms with E-state index in [0.29, 0.717) is 12.1 Å². The summed E-state index contributed by atoms with van der Waals surface area (Å²) in [6.07, 6.45) is 7.33. The predicted molar refractivity (Wildman–Crippen MR) is 95.7 cm³/mol. The maximum absolute atomic E-state index is 12.6. The molecule has 2 atom stereocenters. The smallest absolute Gasteiger partial charge is 0.317 e. The number of piperidine rings is 1. The third-order valence-corrected chi connectivity index (χ3v) is 6.11. The summed E-state index contributed by atoms with van der Waals surface area (Å²) < 4.78 is 0. The molecule has 0 radical (unpaired) electrons. The largest absolute Gasteiger partial charge is 0.335 e. The first-order valence-electron chi connectivity index (χ1n) is 9.63. The van der Waals surface area contributed by atoms with Gasteiger partial charge in [0.15, 0.2) is 0 Å². The first-order valence-corrected chi connectivity index (χ1v) is 9.63. The van der Waals surface area contributed by atoms with Crippen molar-refractivity contribution in [2.24, 2.45) is 5.92 Å². The minimum atomic E-state index is 0.173. The van der Waals surface area contributed by atoms with E-state index in [4.69, 9.17) is 0 Å². The Morgan fingerprint density at radius 2 is 1.83 bits per heavy atom. The molecule has 0 aromatic heterocycles. The Kier molecular flexibility index (Phi) is 4.74. The van der Waals surface area contributed by atoms with E-state index in [9.17, 15) is 4.79 Å². The minimum Gasteiger partial charge on any atom is -0.335 e. The molecule has 3 fully saturated rings. The van der Waals surface area contributed by atoms with Crippen molar-refractivity contribution in [3.05, 3.63) is 35.9 Å². The van der Waals surface area contributed by atoms with Crippen molar-refractivity contribution in [1.82, 2.24) is 15.1 Å². The van der Waals surface area contributed by atoms with Gasteiger partial charge in [0.1, 0.15) is 0 Å². The van der Waals surface area contributed by atoms with Gasteiger partial charge >= 0.3 is 6.03 Å². The Bertz CT molecular complexity index is 555. The molecule has 1 aliphatic carbocycles. The van der Waals surface area contributed by atoms with Gasteiger partial charge in [-0.25, -0.2) is 4.79 Å². The first kappa shape index (κ1) is 15.9. The summed E-state index contributed by atoms with van der Waals surface area (Å²) in [7, 11) is 0. The molecule has 1 N–H and O–H groups in total. The second-order valence-electron chi connectivity index (χ2n) is 7.76. The van der Waals surface area contributed by atoms with Gasteiger partial charge < -0.3 is 10.2 Å². The molecule has 1 aromatic carbocycles. The molecule has 2 saturated heterocycles. The molecule has 0 bridgehead atoms.